The Kier molecular flexibility index (Phi) is 4.34. The molecule has 0 bridgehead atoms. The van der Waals surface area contributed by atoms with Crippen molar-refractivity contribution in [1.82, 2.24) is 20.4 Å². The number of aromatic nitrogens is 2. The molecular formula is C20H26N4O. The Bertz CT molecular complexity index is 763. The molecule has 2 heterocycles. The summed E-state index contributed by atoms with van der Waals surface area (Å²) in [6.45, 7) is 2.20. The van der Waals surface area contributed by atoms with E-state index in [1.807, 2.05) is 17.8 Å². The fourth-order valence-electron chi connectivity index (χ4n) is 4.30. The number of nitrogens with one attached hydrogen (secondary N) is 2. The summed E-state index contributed by atoms with van der Waals surface area (Å²) in [5.74, 6) is 0.794. The summed E-state index contributed by atoms with van der Waals surface area (Å²) in [6, 6.07) is 11.5. The van der Waals surface area contributed by atoms with Gasteiger partial charge in [0.25, 0.3) is 0 Å². The van der Waals surface area contributed by atoms with Gasteiger partial charge in [0.05, 0.1) is 11.7 Å². The van der Waals surface area contributed by atoms with Crippen LogP contribution in [0, 0.1) is 6.92 Å². The normalized spacial score (nSPS) is 29.1. The molecule has 4 rings (SSSR count). The molecule has 0 unspecified atom stereocenters. The molecular weight excluding hydrogens is 312 g/mol. The minimum absolute atomic E-state index is 0.00580. The highest BCUT2D eigenvalue weighted by atomic mass is 16.1. The second-order valence-corrected chi connectivity index (χ2v) is 7.46. The van der Waals surface area contributed by atoms with Gasteiger partial charge in [-0.3, -0.25) is 9.48 Å². The van der Waals surface area contributed by atoms with Crippen molar-refractivity contribution in [1.29, 1.82) is 0 Å². The average Bonchev–Trinajstić information content (AvgIpc) is 2.98. The lowest BCUT2D eigenvalue weighted by atomic mass is 9.74. The van der Waals surface area contributed by atoms with Gasteiger partial charge in [0.1, 0.15) is 0 Å². The largest absolute Gasteiger partial charge is 0.346 e. The molecule has 1 aromatic heterocycles. The maximum absolute atomic E-state index is 11.9. The van der Waals surface area contributed by atoms with Crippen LogP contribution in [0.25, 0.3) is 0 Å². The average molecular weight is 338 g/mol. The van der Waals surface area contributed by atoms with Crippen molar-refractivity contribution in [3.63, 3.8) is 0 Å². The minimum atomic E-state index is 0.00580. The fraction of sp³-hybridized carbons (Fsp3) is 0.500. The van der Waals surface area contributed by atoms with Crippen molar-refractivity contribution in [2.45, 2.75) is 56.7 Å². The van der Waals surface area contributed by atoms with Gasteiger partial charge in [-0.2, -0.15) is 5.10 Å². The summed E-state index contributed by atoms with van der Waals surface area (Å²) in [7, 11) is 1.94. The Morgan fingerprint density at radius 3 is 2.76 bits per heavy atom. The molecule has 2 atom stereocenters. The van der Waals surface area contributed by atoms with Crippen LogP contribution >= 0.6 is 0 Å². The Morgan fingerprint density at radius 2 is 2.04 bits per heavy atom. The van der Waals surface area contributed by atoms with Gasteiger partial charge in [-0.15, -0.1) is 0 Å². The quantitative estimate of drug-likeness (QED) is 0.901. The van der Waals surface area contributed by atoms with Crippen LogP contribution in [0.15, 0.2) is 36.5 Å². The topological polar surface area (TPSA) is 59.0 Å². The molecule has 5 heteroatoms. The van der Waals surface area contributed by atoms with Gasteiger partial charge in [-0.25, -0.2) is 0 Å². The smallest absolute Gasteiger partial charge is 0.220 e. The van der Waals surface area contributed by atoms with Crippen LogP contribution in [0.2, 0.25) is 0 Å². The van der Waals surface area contributed by atoms with E-state index >= 15 is 0 Å². The van der Waals surface area contributed by atoms with Crippen LogP contribution in [0.3, 0.4) is 0 Å². The lowest BCUT2D eigenvalue weighted by Crippen LogP contribution is -2.54. The summed E-state index contributed by atoms with van der Waals surface area (Å²) in [4.78, 5) is 11.9. The summed E-state index contributed by atoms with van der Waals surface area (Å²) >= 11 is 0. The highest BCUT2D eigenvalue weighted by molar-refractivity contribution is 5.77. The van der Waals surface area contributed by atoms with Crippen molar-refractivity contribution in [2.24, 2.45) is 7.05 Å². The molecule has 132 valence electrons. The number of hydrogen-bond acceptors (Lipinski definition) is 3. The van der Waals surface area contributed by atoms with Gasteiger partial charge in [-0.1, -0.05) is 24.3 Å². The van der Waals surface area contributed by atoms with Gasteiger partial charge in [0.2, 0.25) is 5.91 Å². The van der Waals surface area contributed by atoms with E-state index in [-0.39, 0.29) is 18.0 Å². The van der Waals surface area contributed by atoms with Crippen LogP contribution < -0.4 is 10.6 Å². The summed E-state index contributed by atoms with van der Waals surface area (Å²) < 4.78 is 1.86. The molecule has 25 heavy (non-hydrogen) atoms. The van der Waals surface area contributed by atoms with Crippen molar-refractivity contribution >= 4 is 5.91 Å². The molecule has 1 saturated carbocycles. The number of piperidine rings is 1. The van der Waals surface area contributed by atoms with Crippen molar-refractivity contribution < 1.29 is 4.79 Å². The second-order valence-electron chi connectivity index (χ2n) is 7.46. The molecule has 2 N–H and O–H groups in total. The van der Waals surface area contributed by atoms with Gasteiger partial charge in [0.15, 0.2) is 0 Å². The summed E-state index contributed by atoms with van der Waals surface area (Å²) in [5.41, 5.74) is 3.95. The first-order valence-corrected chi connectivity index (χ1v) is 9.20. The van der Waals surface area contributed by atoms with Crippen LogP contribution in [-0.4, -0.2) is 27.8 Å². The number of amides is 1. The number of benzene rings is 1. The van der Waals surface area contributed by atoms with Crippen LogP contribution in [0.4, 0.5) is 0 Å². The van der Waals surface area contributed by atoms with Gasteiger partial charge >= 0.3 is 0 Å². The molecule has 1 saturated heterocycles. The van der Waals surface area contributed by atoms with E-state index in [1.165, 1.54) is 24.0 Å². The third kappa shape index (κ3) is 3.21. The molecule has 0 spiro atoms. The Morgan fingerprint density at radius 1 is 1.24 bits per heavy atom. The first-order valence-electron chi connectivity index (χ1n) is 9.20. The molecule has 1 amide bonds. The highest BCUT2D eigenvalue weighted by Crippen LogP contribution is 2.39. The van der Waals surface area contributed by atoms with Crippen LogP contribution in [-0.2, 0) is 11.8 Å². The van der Waals surface area contributed by atoms with Crippen LogP contribution in [0.5, 0.6) is 0 Å². The van der Waals surface area contributed by atoms with E-state index in [9.17, 15) is 4.79 Å². The lowest BCUT2D eigenvalue weighted by Gasteiger charge is -2.42. The molecule has 1 aliphatic heterocycles. The number of carbonyl (C=O) groups is 1. The molecule has 5 nitrogen and oxygen atoms in total. The van der Waals surface area contributed by atoms with Crippen molar-refractivity contribution in [2.75, 3.05) is 0 Å². The molecule has 2 fully saturated rings. The van der Waals surface area contributed by atoms with E-state index in [2.05, 4.69) is 46.9 Å². The second kappa shape index (κ2) is 6.64. The molecule has 2 aromatic rings. The Hall–Kier alpha value is -2.14. The third-order valence-corrected chi connectivity index (χ3v) is 5.79. The number of rotatable bonds is 4. The fourth-order valence-corrected chi connectivity index (χ4v) is 4.30. The van der Waals surface area contributed by atoms with E-state index < -0.39 is 0 Å². The number of aryl methyl sites for hydroxylation is 2. The van der Waals surface area contributed by atoms with E-state index in [4.69, 9.17) is 0 Å². The Balaban J connectivity index is 1.41. The van der Waals surface area contributed by atoms with Gasteiger partial charge in [0, 0.05) is 31.7 Å². The first-order chi connectivity index (χ1) is 12.1. The predicted molar refractivity (Wildman–Crippen MR) is 97.2 cm³/mol. The number of carbonyl (C=O) groups excluding carboxylic acids is 1. The number of nitrogens with zero attached hydrogens (tertiary/aromatic N) is 2. The highest BCUT2D eigenvalue weighted by Gasteiger charge is 2.37. The van der Waals surface area contributed by atoms with Gasteiger partial charge < -0.3 is 10.6 Å². The monoisotopic (exact) mass is 338 g/mol. The third-order valence-electron chi connectivity index (χ3n) is 5.79. The summed E-state index contributed by atoms with van der Waals surface area (Å²) in [6.07, 6.45) is 5.62. The molecule has 1 aromatic carbocycles. The van der Waals surface area contributed by atoms with E-state index in [0.29, 0.717) is 18.4 Å². The molecule has 1 aliphatic carbocycles. The lowest BCUT2D eigenvalue weighted by molar-refractivity contribution is -0.124. The minimum Gasteiger partial charge on any atom is -0.346 e. The maximum Gasteiger partial charge on any atom is 0.220 e. The van der Waals surface area contributed by atoms with Crippen LogP contribution in [0.1, 0.15) is 54.5 Å². The molecule has 2 aliphatic rings. The summed E-state index contributed by atoms with van der Waals surface area (Å²) in [5, 5.41) is 11.2. The van der Waals surface area contributed by atoms with E-state index in [0.717, 1.165) is 12.1 Å². The Labute approximate surface area is 148 Å². The zero-order valence-electron chi connectivity index (χ0n) is 14.9. The van der Waals surface area contributed by atoms with Crippen molar-refractivity contribution in [3.8, 4) is 0 Å². The predicted octanol–water partition coefficient (Wildman–Crippen LogP) is 2.58. The van der Waals surface area contributed by atoms with E-state index in [1.54, 1.807) is 6.20 Å². The SMILES string of the molecule is Cc1ccccc1C1CC(N[C@@H]2CCC(=O)N[C@H]2c2ccnn2C)C1. The van der Waals surface area contributed by atoms with Gasteiger partial charge in [-0.05, 0) is 49.3 Å². The maximum atomic E-state index is 11.9. The number of hydrogen-bond donors (Lipinski definition) is 2. The molecule has 0 radical (unpaired) electrons. The zero-order valence-corrected chi connectivity index (χ0v) is 14.9. The zero-order chi connectivity index (χ0) is 17.4. The first kappa shape index (κ1) is 16.3. The van der Waals surface area contributed by atoms with Crippen molar-refractivity contribution in [3.05, 3.63) is 53.3 Å². The standard InChI is InChI=1S/C20H26N4O/c1-13-5-3-4-6-16(13)14-11-15(12-14)22-17-7-8-19(25)23-20(17)18-9-10-21-24(18)2/h3-6,9-10,14-15,17,20,22H,7-8,11-12H2,1-2H3,(H,23,25)/t14?,15?,17-,20-/m1/s1.